The molecule has 19 heteroatoms. The number of aliphatic hydroxyl groups is 1. The zero-order valence-corrected chi connectivity index (χ0v) is 69.3. The normalized spacial score (nSPS) is 13.8. The van der Waals surface area contributed by atoms with E-state index in [4.69, 9.17) is 37.0 Å². The fourth-order valence-corrected chi connectivity index (χ4v) is 14.7. The molecular formula is C84H164O17P2. The Balaban J connectivity index is 5.27. The third-order valence-corrected chi connectivity index (χ3v) is 21.7. The van der Waals surface area contributed by atoms with Crippen molar-refractivity contribution < 1.29 is 80.2 Å². The van der Waals surface area contributed by atoms with Gasteiger partial charge < -0.3 is 33.8 Å². The van der Waals surface area contributed by atoms with Gasteiger partial charge in [-0.2, -0.15) is 0 Å². The highest BCUT2D eigenvalue weighted by atomic mass is 31.2. The van der Waals surface area contributed by atoms with Gasteiger partial charge >= 0.3 is 39.5 Å². The molecule has 0 saturated carbocycles. The second-order valence-corrected chi connectivity index (χ2v) is 33.6. The van der Waals surface area contributed by atoms with Gasteiger partial charge in [-0.1, -0.05) is 401 Å². The number of ether oxygens (including phenoxy) is 4. The molecule has 0 amide bonds. The first-order valence-corrected chi connectivity index (χ1v) is 46.6. The minimum absolute atomic E-state index is 0.109. The van der Waals surface area contributed by atoms with Crippen LogP contribution < -0.4 is 0 Å². The van der Waals surface area contributed by atoms with E-state index in [1.54, 1.807) is 0 Å². The van der Waals surface area contributed by atoms with E-state index in [9.17, 15) is 43.2 Å². The molecule has 0 aliphatic heterocycles. The van der Waals surface area contributed by atoms with E-state index < -0.39 is 97.5 Å². The van der Waals surface area contributed by atoms with Crippen LogP contribution in [0, 0.1) is 5.92 Å². The fourth-order valence-electron chi connectivity index (χ4n) is 13.1. The molecule has 612 valence electrons. The Labute approximate surface area is 632 Å². The molecule has 0 radical (unpaired) electrons. The number of unbranched alkanes of at least 4 members (excludes halogenated alkanes) is 56. The Hall–Kier alpha value is -1.94. The monoisotopic (exact) mass is 1510 g/mol. The number of hydrogen-bond acceptors (Lipinski definition) is 15. The predicted molar refractivity (Wildman–Crippen MR) is 423 cm³/mol. The molecule has 3 N–H and O–H groups in total. The van der Waals surface area contributed by atoms with Crippen LogP contribution in [0.1, 0.15) is 452 Å². The highest BCUT2D eigenvalue weighted by Crippen LogP contribution is 2.45. The van der Waals surface area contributed by atoms with Crippen LogP contribution in [0.2, 0.25) is 0 Å². The molecular weight excluding hydrogens is 1340 g/mol. The molecule has 17 nitrogen and oxygen atoms in total. The maximum atomic E-state index is 13.1. The van der Waals surface area contributed by atoms with Crippen molar-refractivity contribution in [2.24, 2.45) is 5.92 Å². The van der Waals surface area contributed by atoms with Crippen LogP contribution in [0.3, 0.4) is 0 Å². The van der Waals surface area contributed by atoms with Gasteiger partial charge in [-0.05, 0) is 31.6 Å². The fraction of sp³-hybridized carbons (Fsp3) is 0.952. The van der Waals surface area contributed by atoms with Crippen LogP contribution in [-0.4, -0.2) is 96.7 Å². The van der Waals surface area contributed by atoms with Crippen molar-refractivity contribution in [2.45, 2.75) is 470 Å². The highest BCUT2D eigenvalue weighted by molar-refractivity contribution is 7.47. The Morgan fingerprint density at radius 3 is 0.660 bits per heavy atom. The van der Waals surface area contributed by atoms with Gasteiger partial charge in [0.1, 0.15) is 19.3 Å². The average molecular weight is 1510 g/mol. The summed E-state index contributed by atoms with van der Waals surface area (Å²) in [6.07, 6.45) is 69.2. The highest BCUT2D eigenvalue weighted by Gasteiger charge is 2.30. The average Bonchev–Trinajstić information content (AvgIpc) is 0.929. The van der Waals surface area contributed by atoms with Crippen LogP contribution >= 0.6 is 15.6 Å². The van der Waals surface area contributed by atoms with Crippen molar-refractivity contribution in [1.82, 2.24) is 0 Å². The van der Waals surface area contributed by atoms with Crippen LogP contribution in [0.15, 0.2) is 0 Å². The number of aliphatic hydroxyl groups excluding tert-OH is 1. The molecule has 0 fully saturated rings. The van der Waals surface area contributed by atoms with E-state index in [-0.39, 0.29) is 25.7 Å². The number of phosphoric acid groups is 2. The lowest BCUT2D eigenvalue weighted by Crippen LogP contribution is -2.30. The zero-order chi connectivity index (χ0) is 75.5. The summed E-state index contributed by atoms with van der Waals surface area (Å²) in [6.45, 7) is 7.39. The maximum Gasteiger partial charge on any atom is 0.472 e. The molecule has 0 aromatic carbocycles. The van der Waals surface area contributed by atoms with E-state index >= 15 is 0 Å². The summed E-state index contributed by atoms with van der Waals surface area (Å²) in [7, 11) is -9.92. The van der Waals surface area contributed by atoms with Gasteiger partial charge in [0, 0.05) is 25.7 Å². The Kier molecular flexibility index (Phi) is 75.4. The molecule has 0 aromatic rings. The summed E-state index contributed by atoms with van der Waals surface area (Å²) < 4.78 is 68.9. The van der Waals surface area contributed by atoms with Crippen LogP contribution in [0.25, 0.3) is 0 Å². The van der Waals surface area contributed by atoms with Crippen molar-refractivity contribution in [1.29, 1.82) is 0 Å². The lowest BCUT2D eigenvalue weighted by molar-refractivity contribution is -0.161. The minimum Gasteiger partial charge on any atom is -0.462 e. The first kappa shape index (κ1) is 101. The molecule has 0 bridgehead atoms. The van der Waals surface area contributed by atoms with Crippen LogP contribution in [0.4, 0.5) is 0 Å². The molecule has 103 heavy (non-hydrogen) atoms. The number of esters is 4. The van der Waals surface area contributed by atoms with Gasteiger partial charge in [0.15, 0.2) is 12.2 Å². The van der Waals surface area contributed by atoms with E-state index in [0.717, 1.165) is 95.8 Å². The van der Waals surface area contributed by atoms with Crippen molar-refractivity contribution in [3.63, 3.8) is 0 Å². The topological polar surface area (TPSA) is 237 Å². The van der Waals surface area contributed by atoms with Gasteiger partial charge in [-0.25, -0.2) is 9.13 Å². The van der Waals surface area contributed by atoms with Gasteiger partial charge in [-0.3, -0.25) is 37.3 Å². The summed E-state index contributed by atoms with van der Waals surface area (Å²) in [5.74, 6) is -1.30. The molecule has 5 atom stereocenters. The van der Waals surface area contributed by atoms with Gasteiger partial charge in [0.25, 0.3) is 0 Å². The minimum atomic E-state index is -4.96. The molecule has 0 aromatic heterocycles. The number of rotatable bonds is 84. The summed E-state index contributed by atoms with van der Waals surface area (Å²) in [5.41, 5.74) is 0. The van der Waals surface area contributed by atoms with Gasteiger partial charge in [0.2, 0.25) is 0 Å². The third kappa shape index (κ3) is 78.0. The molecule has 0 aliphatic carbocycles. The quantitative estimate of drug-likeness (QED) is 0.0222. The van der Waals surface area contributed by atoms with E-state index in [2.05, 4.69) is 34.6 Å². The molecule has 0 saturated heterocycles. The smallest absolute Gasteiger partial charge is 0.462 e. The predicted octanol–water partition coefficient (Wildman–Crippen LogP) is 25.6. The second-order valence-electron chi connectivity index (χ2n) is 30.7. The second kappa shape index (κ2) is 76.8. The van der Waals surface area contributed by atoms with Gasteiger partial charge in [0.05, 0.1) is 26.4 Å². The van der Waals surface area contributed by atoms with Crippen molar-refractivity contribution in [3.05, 3.63) is 0 Å². The summed E-state index contributed by atoms with van der Waals surface area (Å²) >= 11 is 0. The molecule has 0 spiro atoms. The molecule has 0 heterocycles. The van der Waals surface area contributed by atoms with E-state index in [1.165, 1.54) is 276 Å². The first-order valence-electron chi connectivity index (χ1n) is 43.6. The lowest BCUT2D eigenvalue weighted by Gasteiger charge is -2.21. The Morgan fingerprint density at radius 1 is 0.262 bits per heavy atom. The van der Waals surface area contributed by atoms with Crippen molar-refractivity contribution in [2.75, 3.05) is 39.6 Å². The molecule has 0 aliphatic rings. The zero-order valence-electron chi connectivity index (χ0n) is 67.5. The third-order valence-electron chi connectivity index (χ3n) is 19.8. The molecule has 0 rings (SSSR count). The summed E-state index contributed by atoms with van der Waals surface area (Å²) in [6, 6.07) is 0. The number of carbonyl (C=O) groups excluding carboxylic acids is 4. The maximum absolute atomic E-state index is 13.1. The Bertz CT molecular complexity index is 1960. The van der Waals surface area contributed by atoms with Crippen molar-refractivity contribution in [3.8, 4) is 0 Å². The largest absolute Gasteiger partial charge is 0.472 e. The van der Waals surface area contributed by atoms with E-state index in [0.29, 0.717) is 25.7 Å². The van der Waals surface area contributed by atoms with Gasteiger partial charge in [-0.15, -0.1) is 0 Å². The number of hydrogen-bond donors (Lipinski definition) is 3. The lowest BCUT2D eigenvalue weighted by atomic mass is 10.0. The molecule has 2 unspecified atom stereocenters. The summed E-state index contributed by atoms with van der Waals surface area (Å²) in [4.78, 5) is 73.2. The van der Waals surface area contributed by atoms with Crippen LogP contribution in [-0.2, 0) is 65.4 Å². The van der Waals surface area contributed by atoms with Crippen LogP contribution in [0.5, 0.6) is 0 Å². The van der Waals surface area contributed by atoms with E-state index in [1.807, 2.05) is 0 Å². The summed E-state index contributed by atoms with van der Waals surface area (Å²) in [5, 5.41) is 10.7. The number of carbonyl (C=O) groups is 4. The standard InChI is InChI=1S/C84H164O17P2/c1-6-9-12-15-18-21-24-27-29-33-38-43-48-53-58-63-68-82(87)95-74-80(101-84(89)70-65-60-55-50-45-40-35-31-32-37-41-46-51-56-61-66-77(4)5)76-99-103(92,93)97-72-78(85)71-96-102(90,91)98-75-79(73-94-81(86)67-62-57-52-47-42-36-26-23-20-17-14-11-8-3)100-83(88)69-64-59-54-49-44-39-34-30-28-25-22-19-16-13-10-7-2/h77-80,85H,6-76H2,1-5H3,(H,90,91)(H,92,93)/t78-,79+,80+/m0/s1. The first-order chi connectivity index (χ1) is 50.0. The SMILES string of the molecule is CCCCCCCCCCCCCCCCCCC(=O)OC[C@H](COP(=O)(O)OC[C@@H](O)COP(=O)(O)OC[C@@H](COC(=O)CCCCCCCCCCCCCCC)OC(=O)CCCCCCCCCCCCCCCCCC)OC(=O)CCCCCCCCCCCCCCCCCC(C)C. The Morgan fingerprint density at radius 2 is 0.447 bits per heavy atom. The number of phosphoric ester groups is 2. The van der Waals surface area contributed by atoms with Crippen molar-refractivity contribution >= 4 is 39.5 Å².